The van der Waals surface area contributed by atoms with Crippen LogP contribution in [0.25, 0.3) is 10.9 Å². The molecule has 2 atom stereocenters. The molecule has 1 aromatic heterocycles. The summed E-state index contributed by atoms with van der Waals surface area (Å²) in [6, 6.07) is 8.30. The normalized spacial score (nSPS) is 20.4. The molecular weight excluding hydrogens is 288 g/mol. The van der Waals surface area contributed by atoms with Gasteiger partial charge in [-0.3, -0.25) is 10.1 Å². The second-order valence-electron chi connectivity index (χ2n) is 6.41. The number of fused-ring (bicyclic) bond motifs is 3. The van der Waals surface area contributed by atoms with Crippen molar-refractivity contribution in [1.29, 1.82) is 0 Å². The van der Waals surface area contributed by atoms with Crippen molar-refractivity contribution in [2.24, 2.45) is 0 Å². The number of para-hydroxylation sites is 1. The van der Waals surface area contributed by atoms with Crippen LogP contribution >= 0.6 is 0 Å². The molecular formula is C19H26N2O2. The molecule has 1 aromatic carbocycles. The first kappa shape index (κ1) is 16.1. The van der Waals surface area contributed by atoms with E-state index in [1.807, 2.05) is 6.07 Å². The molecule has 2 aromatic rings. The van der Waals surface area contributed by atoms with Gasteiger partial charge in [0.15, 0.2) is 0 Å². The lowest BCUT2D eigenvalue weighted by Gasteiger charge is -2.30. The molecule has 124 valence electrons. The lowest BCUT2D eigenvalue weighted by molar-refractivity contribution is -0.143. The molecule has 1 aliphatic heterocycles. The van der Waals surface area contributed by atoms with Crippen molar-refractivity contribution >= 4 is 16.9 Å². The average molecular weight is 314 g/mol. The molecule has 0 bridgehead atoms. The standard InChI is InChI=1S/C19H26N2O2/c1-3-4-5-6-11-16-18-14(12-17(20-16)19(22)23-2)13-9-7-8-10-15(13)21-18/h7-10,16-17,20-21H,3-6,11-12H2,1-2H3/t16-,17-/m1/s1. The van der Waals surface area contributed by atoms with Gasteiger partial charge in [-0.1, -0.05) is 50.8 Å². The highest BCUT2D eigenvalue weighted by Crippen LogP contribution is 2.34. The van der Waals surface area contributed by atoms with E-state index in [9.17, 15) is 4.79 Å². The number of benzene rings is 1. The summed E-state index contributed by atoms with van der Waals surface area (Å²) >= 11 is 0. The zero-order chi connectivity index (χ0) is 16.2. The predicted molar refractivity (Wildman–Crippen MR) is 92.4 cm³/mol. The largest absolute Gasteiger partial charge is 0.468 e. The number of methoxy groups -OCH3 is 1. The number of esters is 1. The Kier molecular flexibility index (Phi) is 5.01. The second-order valence-corrected chi connectivity index (χ2v) is 6.41. The van der Waals surface area contributed by atoms with Gasteiger partial charge in [0, 0.05) is 29.1 Å². The molecule has 4 heteroatoms. The lowest BCUT2D eigenvalue weighted by atomic mass is 9.91. The van der Waals surface area contributed by atoms with Gasteiger partial charge in [0.25, 0.3) is 0 Å². The zero-order valence-corrected chi connectivity index (χ0v) is 14.0. The van der Waals surface area contributed by atoms with E-state index in [0.29, 0.717) is 6.42 Å². The number of aromatic nitrogens is 1. The third-order valence-electron chi connectivity index (χ3n) is 4.84. The molecule has 0 saturated heterocycles. The smallest absolute Gasteiger partial charge is 0.323 e. The van der Waals surface area contributed by atoms with Gasteiger partial charge in [-0.05, 0) is 18.1 Å². The summed E-state index contributed by atoms with van der Waals surface area (Å²) in [4.78, 5) is 15.6. The highest BCUT2D eigenvalue weighted by molar-refractivity contribution is 5.87. The monoisotopic (exact) mass is 314 g/mol. The van der Waals surface area contributed by atoms with Gasteiger partial charge < -0.3 is 9.72 Å². The summed E-state index contributed by atoms with van der Waals surface area (Å²) in [6.45, 7) is 2.22. The van der Waals surface area contributed by atoms with Crippen molar-refractivity contribution in [1.82, 2.24) is 10.3 Å². The quantitative estimate of drug-likeness (QED) is 0.628. The Morgan fingerprint density at radius 1 is 1.26 bits per heavy atom. The molecule has 0 spiro atoms. The average Bonchev–Trinajstić information content (AvgIpc) is 2.96. The fourth-order valence-corrected chi connectivity index (χ4v) is 3.62. The van der Waals surface area contributed by atoms with Gasteiger partial charge in [-0.2, -0.15) is 0 Å². The van der Waals surface area contributed by atoms with Crippen molar-refractivity contribution in [3.05, 3.63) is 35.5 Å². The molecule has 2 N–H and O–H groups in total. The zero-order valence-electron chi connectivity index (χ0n) is 14.0. The lowest BCUT2D eigenvalue weighted by Crippen LogP contribution is -2.45. The van der Waals surface area contributed by atoms with E-state index in [-0.39, 0.29) is 18.1 Å². The van der Waals surface area contributed by atoms with Crippen LogP contribution in [-0.2, 0) is 16.0 Å². The Hall–Kier alpha value is -1.81. The fraction of sp³-hybridized carbons (Fsp3) is 0.526. The van der Waals surface area contributed by atoms with Crippen LogP contribution in [0.15, 0.2) is 24.3 Å². The maximum absolute atomic E-state index is 12.1. The number of carbonyl (C=O) groups is 1. The van der Waals surface area contributed by atoms with Crippen LogP contribution in [0.5, 0.6) is 0 Å². The van der Waals surface area contributed by atoms with Crippen LogP contribution in [-0.4, -0.2) is 24.1 Å². The number of unbranched alkanes of at least 4 members (excludes halogenated alkanes) is 3. The molecule has 4 nitrogen and oxygen atoms in total. The van der Waals surface area contributed by atoms with E-state index in [2.05, 4.69) is 35.4 Å². The van der Waals surface area contributed by atoms with E-state index in [1.165, 1.54) is 49.4 Å². The maximum atomic E-state index is 12.1. The Bertz CT molecular complexity index is 677. The van der Waals surface area contributed by atoms with Crippen molar-refractivity contribution in [2.45, 2.75) is 57.5 Å². The van der Waals surface area contributed by atoms with Crippen LogP contribution in [0.2, 0.25) is 0 Å². The summed E-state index contributed by atoms with van der Waals surface area (Å²) < 4.78 is 4.97. The molecule has 0 fully saturated rings. The topological polar surface area (TPSA) is 54.1 Å². The maximum Gasteiger partial charge on any atom is 0.323 e. The minimum Gasteiger partial charge on any atom is -0.468 e. The number of hydrogen-bond acceptors (Lipinski definition) is 3. The van der Waals surface area contributed by atoms with Crippen LogP contribution in [0.4, 0.5) is 0 Å². The van der Waals surface area contributed by atoms with E-state index in [0.717, 1.165) is 11.9 Å². The third-order valence-corrected chi connectivity index (χ3v) is 4.84. The van der Waals surface area contributed by atoms with Crippen LogP contribution < -0.4 is 5.32 Å². The first-order valence-electron chi connectivity index (χ1n) is 8.68. The number of aromatic amines is 1. The van der Waals surface area contributed by atoms with Gasteiger partial charge in [0.1, 0.15) is 6.04 Å². The Morgan fingerprint density at radius 2 is 2.09 bits per heavy atom. The Balaban J connectivity index is 1.88. The van der Waals surface area contributed by atoms with E-state index in [1.54, 1.807) is 0 Å². The molecule has 3 rings (SSSR count). The van der Waals surface area contributed by atoms with Crippen molar-refractivity contribution < 1.29 is 9.53 Å². The van der Waals surface area contributed by atoms with E-state index >= 15 is 0 Å². The molecule has 0 saturated carbocycles. The molecule has 1 aliphatic rings. The van der Waals surface area contributed by atoms with Crippen LogP contribution in [0.3, 0.4) is 0 Å². The number of nitrogens with one attached hydrogen (secondary N) is 2. The predicted octanol–water partition coefficient (Wildman–Crippen LogP) is 3.87. The molecule has 0 amide bonds. The van der Waals surface area contributed by atoms with Crippen molar-refractivity contribution in [3.8, 4) is 0 Å². The summed E-state index contributed by atoms with van der Waals surface area (Å²) in [5.41, 5.74) is 3.68. The number of carbonyl (C=O) groups excluding carboxylic acids is 1. The number of hydrogen-bond donors (Lipinski definition) is 2. The van der Waals surface area contributed by atoms with Crippen molar-refractivity contribution in [2.75, 3.05) is 7.11 Å². The first-order valence-corrected chi connectivity index (χ1v) is 8.68. The number of rotatable bonds is 6. The van der Waals surface area contributed by atoms with Gasteiger partial charge in [-0.15, -0.1) is 0 Å². The van der Waals surface area contributed by atoms with Gasteiger partial charge in [0.2, 0.25) is 0 Å². The minimum absolute atomic E-state index is 0.167. The summed E-state index contributed by atoms with van der Waals surface area (Å²) in [6.07, 6.45) is 6.67. The summed E-state index contributed by atoms with van der Waals surface area (Å²) in [5, 5.41) is 4.73. The highest BCUT2D eigenvalue weighted by Gasteiger charge is 2.33. The minimum atomic E-state index is -0.247. The van der Waals surface area contributed by atoms with Crippen LogP contribution in [0.1, 0.15) is 56.3 Å². The Labute approximate surface area is 137 Å². The molecule has 23 heavy (non-hydrogen) atoms. The summed E-state index contributed by atoms with van der Waals surface area (Å²) in [7, 11) is 1.46. The number of ether oxygens (including phenoxy) is 1. The highest BCUT2D eigenvalue weighted by atomic mass is 16.5. The van der Waals surface area contributed by atoms with E-state index in [4.69, 9.17) is 4.74 Å². The Morgan fingerprint density at radius 3 is 2.87 bits per heavy atom. The van der Waals surface area contributed by atoms with Crippen LogP contribution in [0, 0.1) is 0 Å². The SMILES string of the molecule is CCCCCC[C@H]1N[C@@H](C(=O)OC)Cc2c1[nH]c1ccccc21. The summed E-state index contributed by atoms with van der Waals surface area (Å²) in [5.74, 6) is -0.167. The molecule has 0 unspecified atom stereocenters. The van der Waals surface area contributed by atoms with E-state index < -0.39 is 0 Å². The van der Waals surface area contributed by atoms with Gasteiger partial charge in [0.05, 0.1) is 7.11 Å². The molecule has 2 heterocycles. The first-order chi connectivity index (χ1) is 11.2. The third kappa shape index (κ3) is 3.27. The fourth-order valence-electron chi connectivity index (χ4n) is 3.62. The molecule has 0 radical (unpaired) electrons. The van der Waals surface area contributed by atoms with Gasteiger partial charge >= 0.3 is 5.97 Å². The molecule has 0 aliphatic carbocycles. The van der Waals surface area contributed by atoms with Crippen molar-refractivity contribution in [3.63, 3.8) is 0 Å². The van der Waals surface area contributed by atoms with Gasteiger partial charge in [-0.25, -0.2) is 0 Å². The number of H-pyrrole nitrogens is 1. The second kappa shape index (κ2) is 7.18.